The third-order valence-corrected chi connectivity index (χ3v) is 7.73. The van der Waals surface area contributed by atoms with Gasteiger partial charge in [0.2, 0.25) is 5.91 Å². The Bertz CT molecular complexity index is 1070. The van der Waals surface area contributed by atoms with Gasteiger partial charge in [0, 0.05) is 18.4 Å². The zero-order chi connectivity index (χ0) is 24.4. The van der Waals surface area contributed by atoms with Crippen molar-refractivity contribution in [3.63, 3.8) is 0 Å². The van der Waals surface area contributed by atoms with Crippen LogP contribution in [0.1, 0.15) is 55.6 Å². The first-order valence-corrected chi connectivity index (χ1v) is 12.6. The van der Waals surface area contributed by atoms with Gasteiger partial charge in [-0.2, -0.15) is 0 Å². The van der Waals surface area contributed by atoms with Crippen LogP contribution < -0.4 is 10.6 Å². The van der Waals surface area contributed by atoms with Crippen LogP contribution in [0.15, 0.2) is 48.5 Å². The van der Waals surface area contributed by atoms with Gasteiger partial charge in [0.15, 0.2) is 0 Å². The molecule has 184 valence electrons. The summed E-state index contributed by atoms with van der Waals surface area (Å²) < 4.78 is 5.61. The van der Waals surface area contributed by atoms with Gasteiger partial charge in [-0.05, 0) is 53.4 Å². The minimum Gasteiger partial charge on any atom is -0.480 e. The van der Waals surface area contributed by atoms with Gasteiger partial charge in [0.1, 0.15) is 12.6 Å². The maximum absolute atomic E-state index is 12.8. The molecule has 2 saturated carbocycles. The first-order chi connectivity index (χ1) is 17.0. The number of carbonyl (C=O) groups excluding carboxylic acids is 2. The summed E-state index contributed by atoms with van der Waals surface area (Å²) >= 11 is 0. The topological polar surface area (TPSA) is 105 Å². The highest BCUT2D eigenvalue weighted by molar-refractivity contribution is 5.85. The minimum absolute atomic E-state index is 0.00224. The average Bonchev–Trinajstić information content (AvgIpc) is 3.45. The highest BCUT2D eigenvalue weighted by Crippen LogP contribution is 2.44. The molecule has 0 heterocycles. The van der Waals surface area contributed by atoms with Gasteiger partial charge >= 0.3 is 12.1 Å². The zero-order valence-electron chi connectivity index (χ0n) is 19.7. The molecule has 0 aromatic heterocycles. The predicted molar refractivity (Wildman–Crippen MR) is 131 cm³/mol. The molecule has 3 atom stereocenters. The van der Waals surface area contributed by atoms with Crippen molar-refractivity contribution in [3.05, 3.63) is 59.7 Å². The van der Waals surface area contributed by atoms with Gasteiger partial charge in [-0.1, -0.05) is 67.8 Å². The zero-order valence-corrected chi connectivity index (χ0v) is 19.7. The van der Waals surface area contributed by atoms with Crippen LogP contribution in [0.25, 0.3) is 11.1 Å². The lowest BCUT2D eigenvalue weighted by molar-refractivity contribution is -0.143. The molecule has 3 aliphatic carbocycles. The number of rotatable bonds is 9. The second-order valence-electron chi connectivity index (χ2n) is 10.1. The molecule has 2 fully saturated rings. The molecule has 7 nitrogen and oxygen atoms in total. The largest absolute Gasteiger partial charge is 0.480 e. The summed E-state index contributed by atoms with van der Waals surface area (Å²) in [6.45, 7) is 0.588. The van der Waals surface area contributed by atoms with Crippen LogP contribution >= 0.6 is 0 Å². The highest BCUT2D eigenvalue weighted by atomic mass is 16.5. The Morgan fingerprint density at radius 1 is 0.943 bits per heavy atom. The number of benzene rings is 2. The Hall–Kier alpha value is -3.35. The lowest BCUT2D eigenvalue weighted by atomic mass is 9.94. The molecule has 3 N–H and O–H groups in total. The molecule has 3 aliphatic rings. The molecule has 35 heavy (non-hydrogen) atoms. The summed E-state index contributed by atoms with van der Waals surface area (Å²) in [6.07, 6.45) is 4.49. The minimum atomic E-state index is -0.975. The first kappa shape index (κ1) is 23.4. The number of hydrogen-bond acceptors (Lipinski definition) is 4. The SMILES string of the molecule is O=C(NCC1CCCC1C(=O)N[C@@H](CC1CC1)C(=O)O)OCC1c2ccccc2-c2ccccc21. The summed E-state index contributed by atoms with van der Waals surface area (Å²) in [5.74, 6) is -1.09. The van der Waals surface area contributed by atoms with Crippen molar-refractivity contribution in [3.8, 4) is 11.1 Å². The quantitative estimate of drug-likeness (QED) is 0.500. The van der Waals surface area contributed by atoms with E-state index in [4.69, 9.17) is 4.74 Å². The summed E-state index contributed by atoms with van der Waals surface area (Å²) in [4.78, 5) is 36.9. The lowest BCUT2D eigenvalue weighted by Gasteiger charge is -2.22. The molecule has 2 amide bonds. The number of alkyl carbamates (subject to hydrolysis) is 1. The summed E-state index contributed by atoms with van der Waals surface area (Å²) in [6, 6.07) is 15.6. The smallest absolute Gasteiger partial charge is 0.407 e. The molecular formula is C28H32N2O5. The maximum Gasteiger partial charge on any atom is 0.407 e. The van der Waals surface area contributed by atoms with E-state index in [-0.39, 0.29) is 30.3 Å². The fourth-order valence-electron chi connectivity index (χ4n) is 5.68. The highest BCUT2D eigenvalue weighted by Gasteiger charge is 2.37. The van der Waals surface area contributed by atoms with Crippen LogP contribution in [0.4, 0.5) is 4.79 Å². The van der Waals surface area contributed by atoms with Crippen molar-refractivity contribution in [2.45, 2.75) is 50.5 Å². The molecule has 0 aliphatic heterocycles. The fraction of sp³-hybridized carbons (Fsp3) is 0.464. The van der Waals surface area contributed by atoms with Gasteiger partial charge in [0.25, 0.3) is 0 Å². The molecule has 2 unspecified atom stereocenters. The summed E-state index contributed by atoms with van der Waals surface area (Å²) in [5.41, 5.74) is 4.68. The molecule has 0 bridgehead atoms. The number of fused-ring (bicyclic) bond motifs is 3. The Morgan fingerprint density at radius 2 is 1.60 bits per heavy atom. The summed E-state index contributed by atoms with van der Waals surface area (Å²) in [5, 5.41) is 15.1. The van der Waals surface area contributed by atoms with Gasteiger partial charge in [-0.15, -0.1) is 0 Å². The van der Waals surface area contributed by atoms with Crippen LogP contribution in [-0.4, -0.2) is 42.3 Å². The van der Waals surface area contributed by atoms with Crippen LogP contribution in [0, 0.1) is 17.8 Å². The molecule has 0 spiro atoms. The van der Waals surface area contributed by atoms with Gasteiger partial charge in [-0.25, -0.2) is 9.59 Å². The van der Waals surface area contributed by atoms with Crippen LogP contribution in [0.3, 0.4) is 0 Å². The molecule has 0 radical (unpaired) electrons. The number of amides is 2. The van der Waals surface area contributed by atoms with E-state index in [0.29, 0.717) is 25.3 Å². The summed E-state index contributed by atoms with van der Waals surface area (Å²) in [7, 11) is 0. The molecule has 0 saturated heterocycles. The second-order valence-corrected chi connectivity index (χ2v) is 10.1. The van der Waals surface area contributed by atoms with Crippen molar-refractivity contribution in [1.82, 2.24) is 10.6 Å². The Balaban J connectivity index is 1.13. The fourth-order valence-corrected chi connectivity index (χ4v) is 5.68. The van der Waals surface area contributed by atoms with Crippen molar-refractivity contribution < 1.29 is 24.2 Å². The van der Waals surface area contributed by atoms with E-state index in [1.54, 1.807) is 0 Å². The molecule has 2 aromatic rings. The monoisotopic (exact) mass is 476 g/mol. The average molecular weight is 477 g/mol. The molecule has 2 aromatic carbocycles. The molecule has 5 rings (SSSR count). The molecular weight excluding hydrogens is 444 g/mol. The van der Waals surface area contributed by atoms with E-state index in [1.165, 1.54) is 11.1 Å². The van der Waals surface area contributed by atoms with Crippen molar-refractivity contribution in [2.75, 3.05) is 13.2 Å². The number of carboxylic acid groups (broad SMARTS) is 1. The Kier molecular flexibility index (Phi) is 6.75. The van der Waals surface area contributed by atoms with Crippen LogP contribution in [0.5, 0.6) is 0 Å². The number of hydrogen-bond donors (Lipinski definition) is 3. The van der Waals surface area contributed by atoms with E-state index in [2.05, 4.69) is 34.9 Å². The van der Waals surface area contributed by atoms with E-state index < -0.39 is 18.1 Å². The van der Waals surface area contributed by atoms with Crippen molar-refractivity contribution >= 4 is 18.0 Å². The first-order valence-electron chi connectivity index (χ1n) is 12.6. The van der Waals surface area contributed by atoms with Gasteiger partial charge in [-0.3, -0.25) is 4.79 Å². The second kappa shape index (κ2) is 10.1. The number of nitrogens with one attached hydrogen (secondary N) is 2. The number of aliphatic carboxylic acids is 1. The van der Waals surface area contributed by atoms with E-state index in [0.717, 1.165) is 36.8 Å². The molecule has 7 heteroatoms. The lowest BCUT2D eigenvalue weighted by Crippen LogP contribution is -2.45. The number of ether oxygens (including phenoxy) is 1. The third-order valence-electron chi connectivity index (χ3n) is 7.73. The normalized spacial score (nSPS) is 21.6. The van der Waals surface area contributed by atoms with E-state index >= 15 is 0 Å². The van der Waals surface area contributed by atoms with Crippen LogP contribution in [0.2, 0.25) is 0 Å². The third kappa shape index (κ3) is 5.19. The number of carboxylic acids is 1. The Labute approximate surface area is 205 Å². The van der Waals surface area contributed by atoms with Gasteiger partial charge in [0.05, 0.1) is 0 Å². The van der Waals surface area contributed by atoms with E-state index in [9.17, 15) is 19.5 Å². The standard InChI is InChI=1S/C28H32N2O5/c31-26(30-25(27(32)33)14-17-12-13-17)19-11-5-6-18(19)15-29-28(34)35-16-24-22-9-3-1-7-20(22)21-8-2-4-10-23(21)24/h1-4,7-10,17-19,24-25H,5-6,11-16H2,(H,29,34)(H,30,31)(H,32,33)/t18?,19?,25-/m0/s1. The number of carbonyl (C=O) groups is 3. The van der Waals surface area contributed by atoms with Crippen LogP contribution in [-0.2, 0) is 14.3 Å². The predicted octanol–water partition coefficient (Wildman–Crippen LogP) is 4.31. The van der Waals surface area contributed by atoms with Gasteiger partial charge < -0.3 is 20.5 Å². The maximum atomic E-state index is 12.8. The van der Waals surface area contributed by atoms with Crippen molar-refractivity contribution in [2.24, 2.45) is 17.8 Å². The van der Waals surface area contributed by atoms with Crippen molar-refractivity contribution in [1.29, 1.82) is 0 Å². The Morgan fingerprint density at radius 3 is 2.23 bits per heavy atom. The van der Waals surface area contributed by atoms with E-state index in [1.807, 2.05) is 24.3 Å².